The predicted molar refractivity (Wildman–Crippen MR) is 131 cm³/mol. The Morgan fingerprint density at radius 2 is 1.91 bits per heavy atom. The van der Waals surface area contributed by atoms with Gasteiger partial charge in [0.1, 0.15) is 18.3 Å². The summed E-state index contributed by atoms with van der Waals surface area (Å²) in [4.78, 5) is 37.3. The molecule has 0 saturated carbocycles. The van der Waals surface area contributed by atoms with E-state index in [2.05, 4.69) is 16.1 Å². The number of hydrogen-bond acceptors (Lipinski definition) is 6. The fraction of sp³-hybridized carbons (Fsp3) is 0.240. The first-order chi connectivity index (χ1) is 16.7. The molecule has 1 saturated heterocycles. The van der Waals surface area contributed by atoms with E-state index in [1.54, 1.807) is 16.0 Å². The zero-order chi connectivity index (χ0) is 23.1. The smallest absolute Gasteiger partial charge is 0.264 e. The molecule has 4 heterocycles. The molecule has 5 aromatic rings. The minimum Gasteiger partial charge on any atom is -0.340 e. The van der Waals surface area contributed by atoms with Crippen LogP contribution >= 0.6 is 11.3 Å². The van der Waals surface area contributed by atoms with E-state index in [4.69, 9.17) is 4.98 Å². The van der Waals surface area contributed by atoms with Crippen LogP contribution in [0, 0.1) is 0 Å². The lowest BCUT2D eigenvalue weighted by atomic mass is 9.98. The van der Waals surface area contributed by atoms with Crippen molar-refractivity contribution < 1.29 is 4.79 Å². The van der Waals surface area contributed by atoms with Gasteiger partial charge in [-0.15, -0.1) is 11.3 Å². The molecule has 9 heteroatoms. The van der Waals surface area contributed by atoms with Crippen molar-refractivity contribution in [3.63, 3.8) is 0 Å². The van der Waals surface area contributed by atoms with E-state index in [-0.39, 0.29) is 23.9 Å². The Hall–Kier alpha value is -3.85. The number of carbonyl (C=O) groups excluding carboxylic acids is 1. The minimum absolute atomic E-state index is 0.0369. The van der Waals surface area contributed by atoms with Crippen LogP contribution in [0.3, 0.4) is 0 Å². The molecule has 0 radical (unpaired) electrons. The normalized spacial score (nSPS) is 16.4. The summed E-state index contributed by atoms with van der Waals surface area (Å²) in [5.41, 5.74) is 2.05. The Balaban J connectivity index is 1.22. The molecule has 34 heavy (non-hydrogen) atoms. The number of rotatable bonds is 4. The van der Waals surface area contributed by atoms with Crippen LogP contribution in [0.5, 0.6) is 0 Å². The van der Waals surface area contributed by atoms with Gasteiger partial charge in [0, 0.05) is 19.0 Å². The van der Waals surface area contributed by atoms with Gasteiger partial charge in [0.15, 0.2) is 5.65 Å². The maximum Gasteiger partial charge on any atom is 0.264 e. The lowest BCUT2D eigenvalue weighted by molar-refractivity contribution is -0.133. The second-order valence-corrected chi connectivity index (χ2v) is 9.57. The zero-order valence-electron chi connectivity index (χ0n) is 18.4. The number of benzene rings is 2. The fourth-order valence-electron chi connectivity index (χ4n) is 4.54. The quantitative estimate of drug-likeness (QED) is 0.401. The van der Waals surface area contributed by atoms with Crippen molar-refractivity contribution in [3.05, 3.63) is 82.5 Å². The number of thiazole rings is 1. The summed E-state index contributed by atoms with van der Waals surface area (Å²) < 4.78 is 4.18. The molecular weight excluding hydrogens is 448 g/mol. The SMILES string of the molecule is O=C(Cn1cnc2c(cnn2-c2ccccc2)c1=O)N1CCC[C@@H](c2nc3ccccc3s2)C1. The molecule has 1 fully saturated rings. The van der Waals surface area contributed by atoms with Gasteiger partial charge >= 0.3 is 0 Å². The average Bonchev–Trinajstić information content (AvgIpc) is 3.51. The molecule has 0 aliphatic carbocycles. The highest BCUT2D eigenvalue weighted by molar-refractivity contribution is 7.18. The van der Waals surface area contributed by atoms with E-state index in [1.807, 2.05) is 53.4 Å². The van der Waals surface area contributed by atoms with Gasteiger partial charge in [0.05, 0.1) is 27.1 Å². The topological polar surface area (TPSA) is 85.9 Å². The van der Waals surface area contributed by atoms with Gasteiger partial charge < -0.3 is 4.90 Å². The van der Waals surface area contributed by atoms with Crippen molar-refractivity contribution in [2.45, 2.75) is 25.3 Å². The number of likely N-dealkylation sites (tertiary alicyclic amines) is 1. The molecule has 0 bridgehead atoms. The molecule has 2 aromatic carbocycles. The number of carbonyl (C=O) groups is 1. The second-order valence-electron chi connectivity index (χ2n) is 8.51. The number of piperidine rings is 1. The van der Waals surface area contributed by atoms with E-state index >= 15 is 0 Å². The Morgan fingerprint density at radius 1 is 1.09 bits per heavy atom. The molecule has 6 rings (SSSR count). The molecule has 8 nitrogen and oxygen atoms in total. The van der Waals surface area contributed by atoms with Crippen LogP contribution in [-0.2, 0) is 11.3 Å². The van der Waals surface area contributed by atoms with Gasteiger partial charge in [-0.3, -0.25) is 14.2 Å². The van der Waals surface area contributed by atoms with Crippen LogP contribution in [0.25, 0.3) is 26.9 Å². The van der Waals surface area contributed by atoms with Gasteiger partial charge in [0.25, 0.3) is 5.56 Å². The van der Waals surface area contributed by atoms with Gasteiger partial charge in [-0.25, -0.2) is 14.6 Å². The molecule has 170 valence electrons. The molecule has 1 aliphatic rings. The Morgan fingerprint density at radius 3 is 2.76 bits per heavy atom. The Labute approximate surface area is 199 Å². The van der Waals surface area contributed by atoms with E-state index in [0.29, 0.717) is 24.1 Å². The van der Waals surface area contributed by atoms with Crippen molar-refractivity contribution in [2.24, 2.45) is 0 Å². The second kappa shape index (κ2) is 8.49. The molecule has 3 aromatic heterocycles. The van der Waals surface area contributed by atoms with Crippen molar-refractivity contribution >= 4 is 38.5 Å². The van der Waals surface area contributed by atoms with Crippen LogP contribution in [0.4, 0.5) is 0 Å². The molecule has 1 amide bonds. The highest BCUT2D eigenvalue weighted by Gasteiger charge is 2.27. The summed E-state index contributed by atoms with van der Waals surface area (Å²) in [5.74, 6) is 0.140. The maximum absolute atomic E-state index is 13.1. The third-order valence-corrected chi connectivity index (χ3v) is 7.49. The van der Waals surface area contributed by atoms with Crippen molar-refractivity contribution in [1.29, 1.82) is 0 Å². The van der Waals surface area contributed by atoms with Crippen molar-refractivity contribution in [2.75, 3.05) is 13.1 Å². The number of aromatic nitrogens is 5. The number of para-hydroxylation sites is 2. The summed E-state index contributed by atoms with van der Waals surface area (Å²) in [6.07, 6.45) is 4.89. The molecule has 0 unspecified atom stereocenters. The van der Waals surface area contributed by atoms with E-state index < -0.39 is 0 Å². The summed E-state index contributed by atoms with van der Waals surface area (Å²) in [6.45, 7) is 1.27. The molecule has 0 N–H and O–H groups in total. The van der Waals surface area contributed by atoms with Crippen molar-refractivity contribution in [3.8, 4) is 5.69 Å². The largest absolute Gasteiger partial charge is 0.340 e. The standard InChI is InChI=1S/C25H22N6O2S/c32-22(29-12-6-7-17(14-29)24-28-20-10-4-5-11-21(20)34-24)15-30-16-26-23-19(25(30)33)13-27-31(23)18-8-2-1-3-9-18/h1-5,8-11,13,16-17H,6-7,12,14-15H2/t17-/m1/s1. The van der Waals surface area contributed by atoms with Crippen LogP contribution in [0.2, 0.25) is 0 Å². The van der Waals surface area contributed by atoms with Crippen LogP contribution in [0.1, 0.15) is 23.8 Å². The van der Waals surface area contributed by atoms with Crippen LogP contribution in [0.15, 0.2) is 71.9 Å². The van der Waals surface area contributed by atoms with Gasteiger partial charge in [0.2, 0.25) is 5.91 Å². The first-order valence-corrected chi connectivity index (χ1v) is 12.1. The number of amides is 1. The van der Waals surface area contributed by atoms with E-state index in [9.17, 15) is 9.59 Å². The summed E-state index contributed by atoms with van der Waals surface area (Å²) in [6, 6.07) is 17.7. The van der Waals surface area contributed by atoms with Gasteiger partial charge in [-0.05, 0) is 37.1 Å². The summed E-state index contributed by atoms with van der Waals surface area (Å²) in [5, 5.41) is 5.81. The summed E-state index contributed by atoms with van der Waals surface area (Å²) in [7, 11) is 0. The number of fused-ring (bicyclic) bond motifs is 2. The highest BCUT2D eigenvalue weighted by atomic mass is 32.1. The fourth-order valence-corrected chi connectivity index (χ4v) is 5.63. The molecular formula is C25H22N6O2S. The van der Waals surface area contributed by atoms with Crippen LogP contribution < -0.4 is 5.56 Å². The highest BCUT2D eigenvalue weighted by Crippen LogP contribution is 2.33. The number of nitrogens with zero attached hydrogens (tertiary/aromatic N) is 6. The third kappa shape index (κ3) is 3.67. The lowest BCUT2D eigenvalue weighted by Crippen LogP contribution is -2.42. The molecule has 0 spiro atoms. The first kappa shape index (κ1) is 20.7. The monoisotopic (exact) mass is 470 g/mol. The maximum atomic E-state index is 13.1. The molecule has 1 aliphatic heterocycles. The average molecular weight is 471 g/mol. The first-order valence-electron chi connectivity index (χ1n) is 11.3. The van der Waals surface area contributed by atoms with Gasteiger partial charge in [-0.2, -0.15) is 5.10 Å². The van der Waals surface area contributed by atoms with E-state index in [0.717, 1.165) is 29.1 Å². The van der Waals surface area contributed by atoms with Crippen molar-refractivity contribution in [1.82, 2.24) is 29.2 Å². The Bertz CT molecular complexity index is 1520. The third-order valence-electron chi connectivity index (χ3n) is 6.29. The minimum atomic E-state index is -0.264. The van der Waals surface area contributed by atoms with E-state index in [1.165, 1.54) is 21.8 Å². The lowest BCUT2D eigenvalue weighted by Gasteiger charge is -2.32. The summed E-state index contributed by atoms with van der Waals surface area (Å²) >= 11 is 1.70. The Kier molecular flexibility index (Phi) is 5.18. The zero-order valence-corrected chi connectivity index (χ0v) is 19.2. The van der Waals surface area contributed by atoms with Crippen LogP contribution in [-0.4, -0.2) is 48.2 Å². The predicted octanol–water partition coefficient (Wildman–Crippen LogP) is 3.60. The van der Waals surface area contributed by atoms with Gasteiger partial charge in [-0.1, -0.05) is 30.3 Å². The molecule has 1 atom stereocenters. The number of hydrogen-bond donors (Lipinski definition) is 0.